The molecule has 1 aromatic rings. The number of rotatable bonds is 4. The highest BCUT2D eigenvalue weighted by molar-refractivity contribution is 5.21. The first kappa shape index (κ1) is 11.5. The van der Waals surface area contributed by atoms with Crippen molar-refractivity contribution in [3.8, 4) is 0 Å². The van der Waals surface area contributed by atoms with Gasteiger partial charge in [0.2, 0.25) is 0 Å². The molecule has 1 nitrogen and oxygen atoms in total. The van der Waals surface area contributed by atoms with Gasteiger partial charge in [-0.05, 0) is 37.0 Å². The average molecular weight is 225 g/mol. The fourth-order valence-corrected chi connectivity index (χ4v) is 2.15. The maximum absolute atomic E-state index is 13.0. The molecule has 0 aliphatic heterocycles. The monoisotopic (exact) mass is 225 g/mol. The molecule has 1 N–H and O–H groups in total. The molecule has 1 aliphatic carbocycles. The Bertz CT molecular complexity index is 358. The van der Waals surface area contributed by atoms with E-state index < -0.39 is 11.6 Å². The summed E-state index contributed by atoms with van der Waals surface area (Å²) in [5, 5.41) is 3.39. The largest absolute Gasteiger partial charge is 0.307 e. The zero-order valence-electron chi connectivity index (χ0n) is 9.63. The van der Waals surface area contributed by atoms with E-state index in [4.69, 9.17) is 0 Å². The fraction of sp³-hybridized carbons (Fsp3) is 0.538. The van der Waals surface area contributed by atoms with Gasteiger partial charge in [-0.2, -0.15) is 0 Å². The maximum atomic E-state index is 13.0. The van der Waals surface area contributed by atoms with Crippen LogP contribution in [0.1, 0.15) is 38.3 Å². The van der Waals surface area contributed by atoms with E-state index in [0.717, 1.165) is 12.0 Å². The van der Waals surface area contributed by atoms with Gasteiger partial charge in [0, 0.05) is 18.2 Å². The smallest absolute Gasteiger partial charge is 0.126 e. The summed E-state index contributed by atoms with van der Waals surface area (Å²) in [6.45, 7) is 4.11. The van der Waals surface area contributed by atoms with E-state index in [1.807, 2.05) is 6.92 Å². The minimum Gasteiger partial charge on any atom is -0.307 e. The summed E-state index contributed by atoms with van der Waals surface area (Å²) in [6.07, 6.45) is 2.35. The zero-order chi connectivity index (χ0) is 11.7. The lowest BCUT2D eigenvalue weighted by Crippen LogP contribution is -2.22. The first-order valence-electron chi connectivity index (χ1n) is 5.82. The Morgan fingerprint density at radius 3 is 2.44 bits per heavy atom. The summed E-state index contributed by atoms with van der Waals surface area (Å²) in [6, 6.07) is 4.22. The highest BCUT2D eigenvalue weighted by atomic mass is 19.1. The van der Waals surface area contributed by atoms with Gasteiger partial charge in [-0.25, -0.2) is 8.78 Å². The van der Waals surface area contributed by atoms with Crippen LogP contribution in [-0.2, 0) is 0 Å². The molecule has 16 heavy (non-hydrogen) atoms. The Labute approximate surface area is 94.9 Å². The highest BCUT2D eigenvalue weighted by Crippen LogP contribution is 2.35. The third-order valence-electron chi connectivity index (χ3n) is 3.30. The van der Waals surface area contributed by atoms with Gasteiger partial charge >= 0.3 is 0 Å². The van der Waals surface area contributed by atoms with Crippen LogP contribution in [0.5, 0.6) is 0 Å². The quantitative estimate of drug-likeness (QED) is 0.828. The SMILES string of the molecule is CCC1CC1NC(C)c1cc(F)cc(F)c1. The van der Waals surface area contributed by atoms with Crippen molar-refractivity contribution in [1.82, 2.24) is 5.32 Å². The van der Waals surface area contributed by atoms with Gasteiger partial charge in [-0.3, -0.25) is 0 Å². The van der Waals surface area contributed by atoms with Gasteiger partial charge in [-0.1, -0.05) is 13.3 Å². The number of hydrogen-bond acceptors (Lipinski definition) is 1. The normalized spacial score (nSPS) is 25.5. The fourth-order valence-electron chi connectivity index (χ4n) is 2.15. The van der Waals surface area contributed by atoms with Gasteiger partial charge in [0.25, 0.3) is 0 Å². The van der Waals surface area contributed by atoms with E-state index in [0.29, 0.717) is 11.6 Å². The van der Waals surface area contributed by atoms with Crippen LogP contribution in [0.15, 0.2) is 18.2 Å². The average Bonchev–Trinajstić information content (AvgIpc) is 2.95. The van der Waals surface area contributed by atoms with Crippen molar-refractivity contribution >= 4 is 0 Å². The maximum Gasteiger partial charge on any atom is 0.126 e. The molecule has 2 rings (SSSR count). The topological polar surface area (TPSA) is 12.0 Å². The Kier molecular flexibility index (Phi) is 3.24. The first-order valence-corrected chi connectivity index (χ1v) is 5.82. The molecule has 88 valence electrons. The molecule has 0 radical (unpaired) electrons. The molecule has 0 bridgehead atoms. The molecule has 0 heterocycles. The van der Waals surface area contributed by atoms with Crippen LogP contribution in [0, 0.1) is 17.6 Å². The first-order chi connectivity index (χ1) is 7.60. The van der Waals surface area contributed by atoms with Crippen LogP contribution in [0.2, 0.25) is 0 Å². The summed E-state index contributed by atoms with van der Waals surface area (Å²) in [5.41, 5.74) is 0.680. The van der Waals surface area contributed by atoms with Crippen molar-refractivity contribution < 1.29 is 8.78 Å². The van der Waals surface area contributed by atoms with E-state index >= 15 is 0 Å². The van der Waals surface area contributed by atoms with Crippen LogP contribution >= 0.6 is 0 Å². The van der Waals surface area contributed by atoms with Gasteiger partial charge in [0.1, 0.15) is 11.6 Å². The Hall–Kier alpha value is -0.960. The third-order valence-corrected chi connectivity index (χ3v) is 3.30. The second-order valence-electron chi connectivity index (χ2n) is 4.60. The number of nitrogens with one attached hydrogen (secondary N) is 1. The predicted molar refractivity (Wildman–Crippen MR) is 60.1 cm³/mol. The molecule has 3 unspecified atom stereocenters. The van der Waals surface area contributed by atoms with E-state index in [9.17, 15) is 8.78 Å². The van der Waals surface area contributed by atoms with Gasteiger partial charge in [-0.15, -0.1) is 0 Å². The number of hydrogen-bond donors (Lipinski definition) is 1. The molecule has 0 amide bonds. The van der Waals surface area contributed by atoms with E-state index in [1.165, 1.54) is 25.0 Å². The molecule has 3 heteroatoms. The lowest BCUT2D eigenvalue weighted by atomic mass is 10.1. The van der Waals surface area contributed by atoms with Crippen molar-refractivity contribution in [3.05, 3.63) is 35.4 Å². The lowest BCUT2D eigenvalue weighted by molar-refractivity contribution is 0.524. The zero-order valence-corrected chi connectivity index (χ0v) is 9.63. The van der Waals surface area contributed by atoms with Crippen LogP contribution in [0.3, 0.4) is 0 Å². The molecule has 0 spiro atoms. The van der Waals surface area contributed by atoms with Crippen molar-refractivity contribution in [1.29, 1.82) is 0 Å². The Morgan fingerprint density at radius 1 is 1.31 bits per heavy atom. The van der Waals surface area contributed by atoms with Gasteiger partial charge < -0.3 is 5.32 Å². The number of benzene rings is 1. The third kappa shape index (κ3) is 2.59. The van der Waals surface area contributed by atoms with Crippen molar-refractivity contribution in [2.24, 2.45) is 5.92 Å². The van der Waals surface area contributed by atoms with Gasteiger partial charge in [0.15, 0.2) is 0 Å². The Balaban J connectivity index is 2.00. The standard InChI is InChI=1S/C13H17F2N/c1-3-9-6-13(9)16-8(2)10-4-11(14)7-12(15)5-10/h4-5,7-9,13,16H,3,6H2,1-2H3. The predicted octanol–water partition coefficient (Wildman–Crippen LogP) is 3.41. The second kappa shape index (κ2) is 4.50. The van der Waals surface area contributed by atoms with Crippen LogP contribution < -0.4 is 5.32 Å². The molecule has 1 saturated carbocycles. The van der Waals surface area contributed by atoms with Gasteiger partial charge in [0.05, 0.1) is 0 Å². The van der Waals surface area contributed by atoms with Crippen molar-refractivity contribution in [2.45, 2.75) is 38.8 Å². The minimum absolute atomic E-state index is 0.00625. The molecule has 0 aromatic heterocycles. The van der Waals surface area contributed by atoms with E-state index in [2.05, 4.69) is 12.2 Å². The summed E-state index contributed by atoms with van der Waals surface area (Å²) in [5.74, 6) is -0.279. The van der Waals surface area contributed by atoms with E-state index in [1.54, 1.807) is 0 Å². The van der Waals surface area contributed by atoms with Crippen molar-refractivity contribution in [3.63, 3.8) is 0 Å². The molecular formula is C13H17F2N. The minimum atomic E-state index is -0.508. The second-order valence-corrected chi connectivity index (χ2v) is 4.60. The number of halogens is 2. The molecular weight excluding hydrogens is 208 g/mol. The van der Waals surface area contributed by atoms with Crippen LogP contribution in [0.25, 0.3) is 0 Å². The lowest BCUT2D eigenvalue weighted by Gasteiger charge is -2.14. The summed E-state index contributed by atoms with van der Waals surface area (Å²) in [7, 11) is 0. The molecule has 1 aliphatic rings. The molecule has 0 saturated heterocycles. The summed E-state index contributed by atoms with van der Waals surface area (Å²) in [4.78, 5) is 0. The van der Waals surface area contributed by atoms with Crippen LogP contribution in [0.4, 0.5) is 8.78 Å². The highest BCUT2D eigenvalue weighted by Gasteiger charge is 2.35. The van der Waals surface area contributed by atoms with E-state index in [-0.39, 0.29) is 6.04 Å². The van der Waals surface area contributed by atoms with Crippen LogP contribution in [-0.4, -0.2) is 6.04 Å². The Morgan fingerprint density at radius 2 is 1.94 bits per heavy atom. The molecule has 3 atom stereocenters. The molecule has 1 aromatic carbocycles. The molecule has 1 fully saturated rings. The summed E-state index contributed by atoms with van der Waals surface area (Å²) < 4.78 is 26.0. The van der Waals surface area contributed by atoms with Crippen molar-refractivity contribution in [2.75, 3.05) is 0 Å². The summed E-state index contributed by atoms with van der Waals surface area (Å²) >= 11 is 0.